The van der Waals surface area contributed by atoms with Crippen LogP contribution in [0.4, 0.5) is 11.5 Å². The minimum absolute atomic E-state index is 0.102. The zero-order valence-electron chi connectivity index (χ0n) is 13.1. The van der Waals surface area contributed by atoms with Crippen LogP contribution >= 0.6 is 0 Å². The molecule has 1 aliphatic heterocycles. The van der Waals surface area contributed by atoms with Gasteiger partial charge in [0.15, 0.2) is 0 Å². The van der Waals surface area contributed by atoms with Crippen molar-refractivity contribution in [3.05, 3.63) is 18.3 Å². The molecular weight excluding hydrogens is 250 g/mol. The summed E-state index contributed by atoms with van der Waals surface area (Å²) in [5, 5.41) is 3.49. The van der Waals surface area contributed by atoms with Crippen molar-refractivity contribution in [3.8, 4) is 0 Å². The number of hydrogen-bond donors (Lipinski definition) is 1. The van der Waals surface area contributed by atoms with Crippen molar-refractivity contribution in [1.82, 2.24) is 4.98 Å². The van der Waals surface area contributed by atoms with E-state index >= 15 is 0 Å². The third kappa shape index (κ3) is 4.10. The first-order valence-corrected chi connectivity index (χ1v) is 7.53. The summed E-state index contributed by atoms with van der Waals surface area (Å²) in [6.45, 7) is 8.67. The van der Waals surface area contributed by atoms with E-state index in [9.17, 15) is 0 Å². The van der Waals surface area contributed by atoms with Crippen molar-refractivity contribution < 1.29 is 4.74 Å². The van der Waals surface area contributed by atoms with E-state index in [-0.39, 0.29) is 5.60 Å². The van der Waals surface area contributed by atoms with Crippen LogP contribution in [0.5, 0.6) is 0 Å². The largest absolute Gasteiger partial charge is 0.381 e. The van der Waals surface area contributed by atoms with E-state index in [1.54, 1.807) is 7.11 Å². The molecule has 1 aromatic rings. The Morgan fingerprint density at radius 3 is 2.60 bits per heavy atom. The molecule has 2 heterocycles. The van der Waals surface area contributed by atoms with Gasteiger partial charge >= 0.3 is 0 Å². The quantitative estimate of drug-likeness (QED) is 0.865. The lowest BCUT2D eigenvalue weighted by Gasteiger charge is -2.27. The first kappa shape index (κ1) is 15.1. The molecule has 1 fully saturated rings. The topological polar surface area (TPSA) is 37.4 Å². The molecule has 0 amide bonds. The minimum Gasteiger partial charge on any atom is -0.381 e. The molecule has 0 spiro atoms. The van der Waals surface area contributed by atoms with Gasteiger partial charge in [0.2, 0.25) is 0 Å². The Labute approximate surface area is 122 Å². The van der Waals surface area contributed by atoms with E-state index in [0.717, 1.165) is 31.0 Å². The van der Waals surface area contributed by atoms with Crippen LogP contribution in [0.3, 0.4) is 0 Å². The molecule has 1 atom stereocenters. The van der Waals surface area contributed by atoms with Gasteiger partial charge < -0.3 is 15.0 Å². The van der Waals surface area contributed by atoms with E-state index in [4.69, 9.17) is 4.74 Å². The number of rotatable bonds is 6. The highest BCUT2D eigenvalue weighted by Crippen LogP contribution is 2.21. The highest BCUT2D eigenvalue weighted by Gasteiger charge is 2.20. The number of methoxy groups -OCH3 is 1. The van der Waals surface area contributed by atoms with Gasteiger partial charge in [-0.15, -0.1) is 0 Å². The zero-order valence-corrected chi connectivity index (χ0v) is 13.1. The van der Waals surface area contributed by atoms with Crippen molar-refractivity contribution in [1.29, 1.82) is 0 Å². The smallest absolute Gasteiger partial charge is 0.128 e. The molecule has 1 aliphatic rings. The minimum atomic E-state index is -0.102. The molecule has 1 saturated heterocycles. The third-order valence-corrected chi connectivity index (χ3v) is 3.94. The number of anilines is 2. The first-order chi connectivity index (χ1) is 9.50. The highest BCUT2D eigenvalue weighted by molar-refractivity contribution is 5.49. The lowest BCUT2D eigenvalue weighted by Crippen LogP contribution is -2.31. The maximum absolute atomic E-state index is 5.47. The molecule has 4 heteroatoms. The number of pyridine rings is 1. The van der Waals surface area contributed by atoms with Gasteiger partial charge in [-0.1, -0.05) is 0 Å². The molecule has 1 N–H and O–H groups in total. The standard InChI is InChI=1S/C16H27N3O/c1-13(11-16(2,3)20-4)18-14-7-8-15(17-12-14)19-9-5-6-10-19/h7-8,12-13,18H,5-6,9-11H2,1-4H3. The van der Waals surface area contributed by atoms with E-state index < -0.39 is 0 Å². The Morgan fingerprint density at radius 1 is 1.35 bits per heavy atom. The monoisotopic (exact) mass is 277 g/mol. The first-order valence-electron chi connectivity index (χ1n) is 7.53. The molecule has 0 bridgehead atoms. The molecule has 0 radical (unpaired) electrons. The summed E-state index contributed by atoms with van der Waals surface area (Å²) in [5.74, 6) is 1.10. The van der Waals surface area contributed by atoms with Crippen LogP contribution in [-0.2, 0) is 4.74 Å². The van der Waals surface area contributed by atoms with E-state index in [0.29, 0.717) is 6.04 Å². The van der Waals surface area contributed by atoms with Crippen LogP contribution in [0.15, 0.2) is 18.3 Å². The van der Waals surface area contributed by atoms with Crippen LogP contribution in [0.2, 0.25) is 0 Å². The van der Waals surface area contributed by atoms with Gasteiger partial charge in [0.1, 0.15) is 5.82 Å². The number of ether oxygens (including phenoxy) is 1. The lowest BCUT2D eigenvalue weighted by molar-refractivity contribution is 0.0128. The average Bonchev–Trinajstić information content (AvgIpc) is 2.93. The molecule has 4 nitrogen and oxygen atoms in total. The second-order valence-electron chi connectivity index (χ2n) is 6.31. The van der Waals surface area contributed by atoms with Crippen molar-refractivity contribution in [3.63, 3.8) is 0 Å². The summed E-state index contributed by atoms with van der Waals surface area (Å²) in [6.07, 6.45) is 5.46. The predicted octanol–water partition coefficient (Wildman–Crippen LogP) is 3.30. The van der Waals surface area contributed by atoms with Crippen LogP contribution in [0.25, 0.3) is 0 Å². The normalized spacial score (nSPS) is 17.3. The fourth-order valence-electron chi connectivity index (χ4n) is 2.76. The Balaban J connectivity index is 1.90. The molecule has 0 saturated carbocycles. The number of aromatic nitrogens is 1. The van der Waals surface area contributed by atoms with Crippen LogP contribution in [0, 0.1) is 0 Å². The van der Waals surface area contributed by atoms with Gasteiger partial charge in [-0.3, -0.25) is 0 Å². The van der Waals surface area contributed by atoms with Crippen LogP contribution in [0.1, 0.15) is 40.0 Å². The Morgan fingerprint density at radius 2 is 2.05 bits per heavy atom. The summed E-state index contributed by atoms with van der Waals surface area (Å²) in [5.41, 5.74) is 0.974. The Bertz CT molecular complexity index is 410. The molecule has 0 aromatic carbocycles. The summed E-state index contributed by atoms with van der Waals surface area (Å²) < 4.78 is 5.47. The van der Waals surface area contributed by atoms with Crippen molar-refractivity contribution >= 4 is 11.5 Å². The summed E-state index contributed by atoms with van der Waals surface area (Å²) >= 11 is 0. The van der Waals surface area contributed by atoms with Crippen LogP contribution < -0.4 is 10.2 Å². The molecule has 2 rings (SSSR count). The Hall–Kier alpha value is -1.29. The summed E-state index contributed by atoms with van der Waals surface area (Å²) in [4.78, 5) is 6.91. The van der Waals surface area contributed by atoms with Gasteiger partial charge in [-0.2, -0.15) is 0 Å². The number of nitrogens with one attached hydrogen (secondary N) is 1. The predicted molar refractivity (Wildman–Crippen MR) is 84.5 cm³/mol. The highest BCUT2D eigenvalue weighted by atomic mass is 16.5. The van der Waals surface area contributed by atoms with E-state index in [2.05, 4.69) is 48.1 Å². The van der Waals surface area contributed by atoms with Crippen molar-refractivity contribution in [2.75, 3.05) is 30.4 Å². The fourth-order valence-corrected chi connectivity index (χ4v) is 2.76. The number of nitrogens with zero attached hydrogens (tertiary/aromatic N) is 2. The van der Waals surface area contributed by atoms with Crippen molar-refractivity contribution in [2.45, 2.75) is 51.7 Å². The second-order valence-corrected chi connectivity index (χ2v) is 6.31. The maximum Gasteiger partial charge on any atom is 0.128 e. The molecular formula is C16H27N3O. The Kier molecular flexibility index (Phi) is 4.86. The van der Waals surface area contributed by atoms with Gasteiger partial charge in [0, 0.05) is 26.2 Å². The molecule has 0 aliphatic carbocycles. The molecule has 1 aromatic heterocycles. The lowest BCUT2D eigenvalue weighted by atomic mass is 10.00. The SMILES string of the molecule is COC(C)(C)CC(C)Nc1ccc(N2CCCC2)nc1. The molecule has 1 unspecified atom stereocenters. The zero-order chi connectivity index (χ0) is 14.6. The molecule has 20 heavy (non-hydrogen) atoms. The second kappa shape index (κ2) is 6.44. The summed E-state index contributed by atoms with van der Waals surface area (Å²) in [6, 6.07) is 4.59. The maximum atomic E-state index is 5.47. The third-order valence-electron chi connectivity index (χ3n) is 3.94. The van der Waals surface area contributed by atoms with Gasteiger partial charge in [0.05, 0.1) is 17.5 Å². The fraction of sp³-hybridized carbons (Fsp3) is 0.688. The van der Waals surface area contributed by atoms with Crippen molar-refractivity contribution in [2.24, 2.45) is 0 Å². The average molecular weight is 277 g/mol. The van der Waals surface area contributed by atoms with E-state index in [1.807, 2.05) is 6.20 Å². The molecule has 112 valence electrons. The summed E-state index contributed by atoms with van der Waals surface area (Å²) in [7, 11) is 1.76. The number of hydrogen-bond acceptors (Lipinski definition) is 4. The van der Waals surface area contributed by atoms with E-state index in [1.165, 1.54) is 12.8 Å². The van der Waals surface area contributed by atoms with Gasteiger partial charge in [-0.25, -0.2) is 4.98 Å². The van der Waals surface area contributed by atoms with Crippen LogP contribution in [-0.4, -0.2) is 36.8 Å². The van der Waals surface area contributed by atoms with Gasteiger partial charge in [-0.05, 0) is 52.2 Å². The van der Waals surface area contributed by atoms with Gasteiger partial charge in [0.25, 0.3) is 0 Å².